The van der Waals surface area contributed by atoms with Gasteiger partial charge in [-0.15, -0.1) is 0 Å². The second kappa shape index (κ2) is 9.38. The molecule has 0 fully saturated rings. The molecule has 164 valence electrons. The van der Waals surface area contributed by atoms with Crippen molar-refractivity contribution in [1.82, 2.24) is 19.6 Å². The number of esters is 1. The number of hydrogen-bond acceptors (Lipinski definition) is 6. The first-order chi connectivity index (χ1) is 16.0. The Balaban J connectivity index is 1.48. The molecule has 0 saturated carbocycles. The van der Waals surface area contributed by atoms with E-state index in [0.717, 1.165) is 0 Å². The average molecular weight is 461 g/mol. The maximum absolute atomic E-state index is 12.6. The summed E-state index contributed by atoms with van der Waals surface area (Å²) in [7, 11) is 0. The van der Waals surface area contributed by atoms with Crippen LogP contribution in [0.25, 0.3) is 11.4 Å². The molecule has 0 aliphatic heterocycles. The Bertz CT molecular complexity index is 1360. The summed E-state index contributed by atoms with van der Waals surface area (Å²) < 4.78 is 8.01. The van der Waals surface area contributed by atoms with Gasteiger partial charge in [0.1, 0.15) is 22.3 Å². The molecule has 1 N–H and O–H groups in total. The van der Waals surface area contributed by atoms with Crippen LogP contribution in [0.3, 0.4) is 0 Å². The highest BCUT2D eigenvalue weighted by Crippen LogP contribution is 2.24. The number of nitrogens with zero attached hydrogens (tertiary/aromatic N) is 5. The van der Waals surface area contributed by atoms with Crippen LogP contribution in [0, 0.1) is 18.3 Å². The predicted octanol–water partition coefficient (Wildman–Crippen LogP) is 3.69. The van der Waals surface area contributed by atoms with Gasteiger partial charge in [-0.1, -0.05) is 48.0 Å². The van der Waals surface area contributed by atoms with Gasteiger partial charge in [0.25, 0.3) is 5.91 Å². The van der Waals surface area contributed by atoms with Crippen LogP contribution in [0.1, 0.15) is 21.6 Å². The summed E-state index contributed by atoms with van der Waals surface area (Å²) in [4.78, 5) is 25.1. The van der Waals surface area contributed by atoms with Gasteiger partial charge in [-0.3, -0.25) is 4.79 Å². The number of amides is 1. The van der Waals surface area contributed by atoms with E-state index in [1.807, 2.05) is 30.3 Å². The second-order valence-electron chi connectivity index (χ2n) is 6.89. The Labute approximate surface area is 193 Å². The fourth-order valence-corrected chi connectivity index (χ4v) is 3.51. The van der Waals surface area contributed by atoms with Gasteiger partial charge in [-0.05, 0) is 31.2 Å². The lowest BCUT2D eigenvalue weighted by atomic mass is 10.2. The quantitative estimate of drug-likeness (QED) is 0.439. The summed E-state index contributed by atoms with van der Waals surface area (Å²) in [5.74, 6) is -1.25. The Morgan fingerprint density at radius 1 is 1.06 bits per heavy atom. The van der Waals surface area contributed by atoms with Gasteiger partial charge in [0.2, 0.25) is 0 Å². The monoisotopic (exact) mass is 460 g/mol. The number of hydrogen-bond donors (Lipinski definition) is 1. The number of para-hydroxylation sites is 2. The van der Waals surface area contributed by atoms with E-state index in [-0.39, 0.29) is 22.1 Å². The molecule has 0 aliphatic rings. The standard InChI is InChI=1S/C23H17ClN6O3/c1-15-20(21(24)29(28-15)17-8-4-2-5-9-17)23(32)33-14-19(31)27-22-16(12-25)13-26-30(22)18-10-6-3-7-11-18/h2-11,13H,14H2,1H3,(H,27,31). The summed E-state index contributed by atoms with van der Waals surface area (Å²) in [5, 5.41) is 20.5. The van der Waals surface area contributed by atoms with Crippen molar-refractivity contribution < 1.29 is 14.3 Å². The van der Waals surface area contributed by atoms with Crippen molar-refractivity contribution in [2.24, 2.45) is 0 Å². The number of aromatic nitrogens is 4. The molecule has 0 bridgehead atoms. The molecule has 4 aromatic rings. The molecule has 10 heteroatoms. The highest BCUT2D eigenvalue weighted by atomic mass is 35.5. The maximum atomic E-state index is 12.6. The van der Waals surface area contributed by atoms with Crippen LogP contribution in [0.4, 0.5) is 5.82 Å². The number of carbonyl (C=O) groups excluding carboxylic acids is 2. The second-order valence-corrected chi connectivity index (χ2v) is 7.25. The molecular formula is C23H17ClN6O3. The van der Waals surface area contributed by atoms with E-state index in [2.05, 4.69) is 15.5 Å². The first-order valence-electron chi connectivity index (χ1n) is 9.80. The molecule has 0 saturated heterocycles. The molecule has 4 rings (SSSR count). The molecule has 0 unspecified atom stereocenters. The number of carbonyl (C=O) groups is 2. The van der Waals surface area contributed by atoms with Gasteiger partial charge in [-0.2, -0.15) is 15.5 Å². The highest BCUT2D eigenvalue weighted by molar-refractivity contribution is 6.33. The van der Waals surface area contributed by atoms with E-state index in [1.165, 1.54) is 15.6 Å². The zero-order valence-corrected chi connectivity index (χ0v) is 18.2. The summed E-state index contributed by atoms with van der Waals surface area (Å²) in [6.45, 7) is 1.04. The molecule has 2 aromatic heterocycles. The van der Waals surface area contributed by atoms with E-state index >= 15 is 0 Å². The summed E-state index contributed by atoms with van der Waals surface area (Å²) in [5.41, 5.74) is 1.94. The minimum Gasteiger partial charge on any atom is -0.452 e. The number of ether oxygens (including phenoxy) is 1. The van der Waals surface area contributed by atoms with Crippen LogP contribution in [0.15, 0.2) is 66.9 Å². The Kier molecular flexibility index (Phi) is 6.20. The van der Waals surface area contributed by atoms with Crippen molar-refractivity contribution in [3.8, 4) is 17.4 Å². The third kappa shape index (κ3) is 4.46. The van der Waals surface area contributed by atoms with Crippen molar-refractivity contribution in [2.75, 3.05) is 11.9 Å². The Morgan fingerprint density at radius 2 is 1.67 bits per heavy atom. The van der Waals surface area contributed by atoms with Gasteiger partial charge in [0.05, 0.1) is 23.3 Å². The number of halogens is 1. The Morgan fingerprint density at radius 3 is 2.27 bits per heavy atom. The van der Waals surface area contributed by atoms with Crippen LogP contribution in [-0.4, -0.2) is 38.0 Å². The van der Waals surface area contributed by atoms with Crippen LogP contribution in [0.2, 0.25) is 5.15 Å². The molecule has 33 heavy (non-hydrogen) atoms. The first-order valence-corrected chi connectivity index (χ1v) is 10.2. The van der Waals surface area contributed by atoms with Crippen LogP contribution in [0.5, 0.6) is 0 Å². The molecule has 0 radical (unpaired) electrons. The summed E-state index contributed by atoms with van der Waals surface area (Å²) in [6.07, 6.45) is 1.34. The maximum Gasteiger partial charge on any atom is 0.343 e. The van der Waals surface area contributed by atoms with E-state index in [4.69, 9.17) is 16.3 Å². The lowest BCUT2D eigenvalue weighted by Gasteiger charge is -2.10. The van der Waals surface area contributed by atoms with Gasteiger partial charge >= 0.3 is 5.97 Å². The summed E-state index contributed by atoms with van der Waals surface area (Å²) in [6, 6.07) is 20.1. The van der Waals surface area contributed by atoms with Gasteiger partial charge in [0.15, 0.2) is 12.4 Å². The normalized spacial score (nSPS) is 10.5. The number of aryl methyl sites for hydroxylation is 1. The predicted molar refractivity (Wildman–Crippen MR) is 121 cm³/mol. The molecule has 2 heterocycles. The van der Waals surface area contributed by atoms with E-state index < -0.39 is 18.5 Å². The average Bonchev–Trinajstić information content (AvgIpc) is 3.38. The number of anilines is 1. The highest BCUT2D eigenvalue weighted by Gasteiger charge is 2.24. The minimum absolute atomic E-state index is 0.0698. The van der Waals surface area contributed by atoms with Crippen LogP contribution in [-0.2, 0) is 9.53 Å². The summed E-state index contributed by atoms with van der Waals surface area (Å²) >= 11 is 6.37. The van der Waals surface area contributed by atoms with Crippen molar-refractivity contribution in [3.05, 3.63) is 88.8 Å². The molecule has 1 amide bonds. The minimum atomic E-state index is -0.785. The third-order valence-corrected chi connectivity index (χ3v) is 5.04. The Hall–Kier alpha value is -4.42. The topological polar surface area (TPSA) is 115 Å². The van der Waals surface area contributed by atoms with Crippen molar-refractivity contribution >= 4 is 29.3 Å². The van der Waals surface area contributed by atoms with E-state index in [0.29, 0.717) is 17.1 Å². The molecular weight excluding hydrogens is 444 g/mol. The first kappa shape index (κ1) is 21.8. The molecule has 0 atom stereocenters. The third-order valence-electron chi connectivity index (χ3n) is 4.69. The lowest BCUT2D eigenvalue weighted by molar-refractivity contribution is -0.119. The zero-order chi connectivity index (χ0) is 23.4. The molecule has 0 aliphatic carbocycles. The fraction of sp³-hybridized carbons (Fsp3) is 0.0870. The van der Waals surface area contributed by atoms with Crippen molar-refractivity contribution in [2.45, 2.75) is 6.92 Å². The lowest BCUT2D eigenvalue weighted by Crippen LogP contribution is -2.23. The SMILES string of the molecule is Cc1nn(-c2ccccc2)c(Cl)c1C(=O)OCC(=O)Nc1c(C#N)cnn1-c1ccccc1. The molecule has 0 spiro atoms. The van der Waals surface area contributed by atoms with Gasteiger partial charge in [-0.25, -0.2) is 14.2 Å². The number of nitrogens with one attached hydrogen (secondary N) is 1. The van der Waals surface area contributed by atoms with Crippen molar-refractivity contribution in [1.29, 1.82) is 5.26 Å². The van der Waals surface area contributed by atoms with E-state index in [1.54, 1.807) is 43.3 Å². The van der Waals surface area contributed by atoms with Gasteiger partial charge < -0.3 is 10.1 Å². The van der Waals surface area contributed by atoms with Crippen LogP contribution < -0.4 is 5.32 Å². The smallest absolute Gasteiger partial charge is 0.343 e. The largest absolute Gasteiger partial charge is 0.452 e. The number of benzene rings is 2. The fourth-order valence-electron chi connectivity index (χ4n) is 3.16. The molecule has 2 aromatic carbocycles. The molecule has 9 nitrogen and oxygen atoms in total. The van der Waals surface area contributed by atoms with Crippen LogP contribution >= 0.6 is 11.6 Å². The number of rotatable bonds is 6. The zero-order valence-electron chi connectivity index (χ0n) is 17.4. The van der Waals surface area contributed by atoms with E-state index in [9.17, 15) is 14.9 Å². The van der Waals surface area contributed by atoms with Gasteiger partial charge in [0, 0.05) is 0 Å². The van der Waals surface area contributed by atoms with Crippen molar-refractivity contribution in [3.63, 3.8) is 0 Å². The number of nitriles is 1.